The van der Waals surface area contributed by atoms with Crippen LogP contribution in [0.2, 0.25) is 0 Å². The quantitative estimate of drug-likeness (QED) is 0.887. The Morgan fingerprint density at radius 2 is 2.09 bits per heavy atom. The normalized spacial score (nSPS) is 14.8. The van der Waals surface area contributed by atoms with Crippen LogP contribution >= 0.6 is 11.3 Å². The molecule has 7 heteroatoms. The molecule has 0 bridgehead atoms. The Hall–Kier alpha value is -1.63. The molecule has 0 aliphatic heterocycles. The largest absolute Gasteiger partial charge is 0.352 e. The highest BCUT2D eigenvalue weighted by Crippen LogP contribution is 2.25. The number of nitrogens with one attached hydrogen (secondary N) is 2. The molecule has 2 heterocycles. The summed E-state index contributed by atoms with van der Waals surface area (Å²) in [6.07, 6.45) is 2.86. The minimum atomic E-state index is -0.327. The lowest BCUT2D eigenvalue weighted by molar-refractivity contribution is -0.122. The van der Waals surface area contributed by atoms with Gasteiger partial charge in [0.05, 0.1) is 11.9 Å². The highest BCUT2D eigenvalue weighted by molar-refractivity contribution is 7.20. The zero-order valence-corrected chi connectivity index (χ0v) is 14.9. The summed E-state index contributed by atoms with van der Waals surface area (Å²) in [6.45, 7) is 12.3. The van der Waals surface area contributed by atoms with Crippen LogP contribution in [0.4, 0.5) is 5.13 Å². The number of imidazole rings is 1. The molecule has 2 rings (SSSR count). The summed E-state index contributed by atoms with van der Waals surface area (Å²) in [5.74, 6) is -0.0161. The number of anilines is 1. The zero-order valence-electron chi connectivity index (χ0n) is 14.1. The number of rotatable bonds is 5. The van der Waals surface area contributed by atoms with Gasteiger partial charge in [-0.1, -0.05) is 39.0 Å². The van der Waals surface area contributed by atoms with E-state index in [9.17, 15) is 4.79 Å². The number of carbonyl (C=O) groups excluding carboxylic acids is 1. The van der Waals surface area contributed by atoms with Crippen LogP contribution in [0.25, 0.3) is 4.96 Å². The topological polar surface area (TPSA) is 71.3 Å². The molecule has 1 amide bonds. The van der Waals surface area contributed by atoms with Crippen LogP contribution in [-0.4, -0.2) is 32.6 Å². The van der Waals surface area contributed by atoms with Gasteiger partial charge in [0.15, 0.2) is 0 Å². The maximum absolute atomic E-state index is 12.0. The van der Waals surface area contributed by atoms with Crippen molar-refractivity contribution in [3.63, 3.8) is 0 Å². The molecule has 0 aliphatic carbocycles. The molecule has 2 aromatic heterocycles. The van der Waals surface area contributed by atoms with Gasteiger partial charge in [-0.15, -0.1) is 5.10 Å². The Bertz CT molecular complexity index is 623. The molecule has 0 saturated carbocycles. The molecule has 0 radical (unpaired) electrons. The summed E-state index contributed by atoms with van der Waals surface area (Å²) >= 11 is 1.45. The molecule has 2 aromatic rings. The van der Waals surface area contributed by atoms with Gasteiger partial charge >= 0.3 is 0 Å². The van der Waals surface area contributed by atoms with E-state index in [1.165, 1.54) is 11.3 Å². The number of aromatic nitrogens is 3. The van der Waals surface area contributed by atoms with Crippen molar-refractivity contribution in [2.24, 2.45) is 0 Å². The van der Waals surface area contributed by atoms with Gasteiger partial charge in [0.1, 0.15) is 6.04 Å². The molecular weight excluding hydrogens is 298 g/mol. The van der Waals surface area contributed by atoms with Crippen molar-refractivity contribution in [1.82, 2.24) is 19.9 Å². The summed E-state index contributed by atoms with van der Waals surface area (Å²) < 4.78 is 1.77. The lowest BCUT2D eigenvalue weighted by atomic mass is 9.93. The zero-order chi connectivity index (χ0) is 16.5. The lowest BCUT2D eigenvalue weighted by Crippen LogP contribution is -2.41. The predicted octanol–water partition coefficient (Wildman–Crippen LogP) is 2.80. The summed E-state index contributed by atoms with van der Waals surface area (Å²) in [5.41, 5.74) is 1.02. The molecule has 122 valence electrons. The molecule has 2 atom stereocenters. The monoisotopic (exact) mass is 323 g/mol. The van der Waals surface area contributed by atoms with Crippen molar-refractivity contribution < 1.29 is 4.79 Å². The number of nitrogens with zero attached hydrogens (tertiary/aromatic N) is 3. The fraction of sp³-hybridized carbons (Fsp3) is 0.667. The minimum Gasteiger partial charge on any atom is -0.352 e. The van der Waals surface area contributed by atoms with Crippen molar-refractivity contribution in [2.75, 3.05) is 5.32 Å². The number of amides is 1. The molecule has 0 aliphatic rings. The Morgan fingerprint density at radius 1 is 1.41 bits per heavy atom. The van der Waals surface area contributed by atoms with Gasteiger partial charge in [-0.25, -0.2) is 9.50 Å². The third kappa shape index (κ3) is 3.76. The van der Waals surface area contributed by atoms with Crippen molar-refractivity contribution >= 4 is 27.3 Å². The van der Waals surface area contributed by atoms with Crippen LogP contribution in [0, 0.1) is 0 Å². The van der Waals surface area contributed by atoms with Crippen molar-refractivity contribution in [3.8, 4) is 0 Å². The first-order chi connectivity index (χ1) is 10.2. The standard InChI is InChI=1S/C15H25N5OS/c1-7-9(2)16-12(21)10(3)17-13-19-20-8-11(15(4,5)6)18-14(20)22-13/h8-10H,7H2,1-6H3,(H,16,21)(H,17,19). The van der Waals surface area contributed by atoms with E-state index in [0.29, 0.717) is 5.13 Å². The van der Waals surface area contributed by atoms with Gasteiger partial charge in [0, 0.05) is 11.5 Å². The molecule has 2 N–H and O–H groups in total. The second-order valence-corrected chi connectivity index (χ2v) is 7.65. The van der Waals surface area contributed by atoms with Crippen molar-refractivity contribution in [1.29, 1.82) is 0 Å². The van der Waals surface area contributed by atoms with Crippen LogP contribution in [0.15, 0.2) is 6.20 Å². The van der Waals surface area contributed by atoms with E-state index in [1.807, 2.05) is 27.0 Å². The second kappa shape index (κ2) is 6.24. The Kier molecular flexibility index (Phi) is 4.75. The van der Waals surface area contributed by atoms with Crippen molar-refractivity contribution in [2.45, 2.75) is 65.5 Å². The molecule has 22 heavy (non-hydrogen) atoms. The maximum atomic E-state index is 12.0. The first kappa shape index (κ1) is 16.7. The highest BCUT2D eigenvalue weighted by Gasteiger charge is 2.20. The molecule has 0 saturated heterocycles. The fourth-order valence-electron chi connectivity index (χ4n) is 1.84. The van der Waals surface area contributed by atoms with E-state index in [0.717, 1.165) is 17.1 Å². The van der Waals surface area contributed by atoms with Gasteiger partial charge in [0.25, 0.3) is 0 Å². The van der Waals surface area contributed by atoms with Crippen LogP contribution in [0.3, 0.4) is 0 Å². The third-order valence-electron chi connectivity index (χ3n) is 3.55. The first-order valence-corrected chi connectivity index (χ1v) is 8.46. The molecule has 0 aromatic carbocycles. The second-order valence-electron chi connectivity index (χ2n) is 6.69. The van der Waals surface area contributed by atoms with Gasteiger partial charge in [-0.05, 0) is 20.3 Å². The average Bonchev–Trinajstić information content (AvgIpc) is 2.95. The van der Waals surface area contributed by atoms with Gasteiger partial charge in [-0.2, -0.15) is 0 Å². The van der Waals surface area contributed by atoms with Gasteiger partial charge in [-0.3, -0.25) is 4.79 Å². The SMILES string of the molecule is CCC(C)NC(=O)C(C)Nc1nn2cc(C(C)(C)C)nc2s1. The van der Waals surface area contributed by atoms with Crippen molar-refractivity contribution in [3.05, 3.63) is 11.9 Å². The Morgan fingerprint density at radius 3 is 2.64 bits per heavy atom. The van der Waals surface area contributed by atoms with E-state index in [2.05, 4.69) is 41.5 Å². The number of carbonyl (C=O) groups is 1. The maximum Gasteiger partial charge on any atom is 0.242 e. The summed E-state index contributed by atoms with van der Waals surface area (Å²) in [7, 11) is 0. The average molecular weight is 323 g/mol. The summed E-state index contributed by atoms with van der Waals surface area (Å²) in [4.78, 5) is 17.5. The fourth-order valence-corrected chi connectivity index (χ4v) is 2.71. The Balaban J connectivity index is 2.06. The molecule has 2 unspecified atom stereocenters. The van der Waals surface area contributed by atoms with E-state index >= 15 is 0 Å². The summed E-state index contributed by atoms with van der Waals surface area (Å²) in [6, 6.07) is -0.147. The number of fused-ring (bicyclic) bond motifs is 1. The lowest BCUT2D eigenvalue weighted by Gasteiger charge is -2.16. The van der Waals surface area contributed by atoms with Crippen LogP contribution in [-0.2, 0) is 10.2 Å². The molecule has 0 fully saturated rings. The van der Waals surface area contributed by atoms with E-state index < -0.39 is 0 Å². The van der Waals surface area contributed by atoms with Crippen LogP contribution in [0.1, 0.15) is 53.7 Å². The molecular formula is C15H25N5OS. The minimum absolute atomic E-state index is 0.00444. The van der Waals surface area contributed by atoms with Crippen LogP contribution < -0.4 is 10.6 Å². The molecule has 0 spiro atoms. The smallest absolute Gasteiger partial charge is 0.242 e. The van der Waals surface area contributed by atoms with Gasteiger partial charge < -0.3 is 10.6 Å². The van der Waals surface area contributed by atoms with E-state index in [1.54, 1.807) is 4.52 Å². The van der Waals surface area contributed by atoms with E-state index in [-0.39, 0.29) is 23.4 Å². The van der Waals surface area contributed by atoms with Crippen LogP contribution in [0.5, 0.6) is 0 Å². The third-order valence-corrected chi connectivity index (χ3v) is 4.40. The first-order valence-electron chi connectivity index (χ1n) is 7.64. The predicted molar refractivity (Wildman–Crippen MR) is 90.5 cm³/mol. The molecule has 6 nitrogen and oxygen atoms in total. The highest BCUT2D eigenvalue weighted by atomic mass is 32.1. The van der Waals surface area contributed by atoms with E-state index in [4.69, 9.17) is 0 Å². The summed E-state index contributed by atoms with van der Waals surface area (Å²) in [5, 5.41) is 11.3. The van der Waals surface area contributed by atoms with Gasteiger partial charge in [0.2, 0.25) is 16.0 Å². The number of hydrogen-bond donors (Lipinski definition) is 2. The Labute approximate surface area is 135 Å². The number of hydrogen-bond acceptors (Lipinski definition) is 5.